The first kappa shape index (κ1) is 16.0. The molecule has 1 rings (SSSR count). The Bertz CT molecular complexity index is 182. The lowest BCUT2D eigenvalue weighted by atomic mass is 9.84. The second kappa shape index (κ2) is 10.8. The van der Waals surface area contributed by atoms with Gasteiger partial charge in [0.2, 0.25) is 0 Å². The van der Waals surface area contributed by atoms with Crippen LogP contribution >= 0.6 is 0 Å². The molecule has 1 fully saturated rings. The van der Waals surface area contributed by atoms with E-state index in [1.165, 1.54) is 70.6 Å². The molecule has 2 nitrogen and oxygen atoms in total. The van der Waals surface area contributed by atoms with Gasteiger partial charge in [0.15, 0.2) is 0 Å². The van der Waals surface area contributed by atoms with Crippen LogP contribution in [0.2, 0.25) is 0 Å². The van der Waals surface area contributed by atoms with Crippen LogP contribution in [0.25, 0.3) is 0 Å². The van der Waals surface area contributed by atoms with Gasteiger partial charge in [0.1, 0.15) is 0 Å². The summed E-state index contributed by atoms with van der Waals surface area (Å²) in [7, 11) is 3.66. The maximum absolute atomic E-state index is 5.49. The van der Waals surface area contributed by atoms with E-state index < -0.39 is 0 Å². The van der Waals surface area contributed by atoms with E-state index in [4.69, 9.17) is 9.47 Å². The van der Waals surface area contributed by atoms with Gasteiger partial charge in [0.05, 0.1) is 6.10 Å². The highest BCUT2D eigenvalue weighted by atomic mass is 16.5. The Kier molecular flexibility index (Phi) is 9.59. The molecule has 0 radical (unpaired) electrons. The van der Waals surface area contributed by atoms with Crippen molar-refractivity contribution in [3.05, 3.63) is 0 Å². The Morgan fingerprint density at radius 3 is 2.33 bits per heavy atom. The molecule has 0 heterocycles. The standard InChI is InChI=1S/C16H32O2/c1-17-13-8-6-4-3-5-7-10-15-11-9-12-16(14-15)18-2/h15-16H,3-14H2,1-2H3. The molecule has 0 aromatic rings. The second-order valence-electron chi connectivity index (χ2n) is 5.79. The zero-order valence-electron chi connectivity index (χ0n) is 12.5. The van der Waals surface area contributed by atoms with Gasteiger partial charge in [-0.05, 0) is 25.2 Å². The van der Waals surface area contributed by atoms with E-state index in [1.807, 2.05) is 7.11 Å². The summed E-state index contributed by atoms with van der Waals surface area (Å²) >= 11 is 0. The molecule has 108 valence electrons. The first-order chi connectivity index (χ1) is 8.86. The molecule has 18 heavy (non-hydrogen) atoms. The summed E-state index contributed by atoms with van der Waals surface area (Å²) in [5.74, 6) is 0.942. The highest BCUT2D eigenvalue weighted by molar-refractivity contribution is 4.73. The fourth-order valence-corrected chi connectivity index (χ4v) is 3.10. The minimum absolute atomic E-state index is 0.554. The molecule has 0 aliphatic heterocycles. The molecule has 1 aliphatic carbocycles. The molecule has 1 aliphatic rings. The van der Waals surface area contributed by atoms with Crippen molar-refractivity contribution in [1.82, 2.24) is 0 Å². The molecule has 0 bridgehead atoms. The third-order valence-electron chi connectivity index (χ3n) is 4.28. The Labute approximate surface area is 113 Å². The number of unbranched alkanes of at least 4 members (excludes halogenated alkanes) is 5. The van der Waals surface area contributed by atoms with Gasteiger partial charge in [-0.2, -0.15) is 0 Å². The van der Waals surface area contributed by atoms with E-state index in [-0.39, 0.29) is 0 Å². The summed E-state index contributed by atoms with van der Waals surface area (Å²) in [6.45, 7) is 0.931. The maximum atomic E-state index is 5.49. The maximum Gasteiger partial charge on any atom is 0.0574 e. The van der Waals surface area contributed by atoms with Crippen molar-refractivity contribution in [2.75, 3.05) is 20.8 Å². The monoisotopic (exact) mass is 256 g/mol. The molecule has 0 amide bonds. The summed E-state index contributed by atoms with van der Waals surface area (Å²) in [4.78, 5) is 0. The van der Waals surface area contributed by atoms with Gasteiger partial charge < -0.3 is 9.47 Å². The minimum atomic E-state index is 0.554. The van der Waals surface area contributed by atoms with E-state index >= 15 is 0 Å². The molecule has 0 saturated heterocycles. The van der Waals surface area contributed by atoms with Crippen LogP contribution in [0.5, 0.6) is 0 Å². The number of rotatable bonds is 10. The summed E-state index contributed by atoms with van der Waals surface area (Å²) in [5.41, 5.74) is 0. The van der Waals surface area contributed by atoms with Crippen molar-refractivity contribution < 1.29 is 9.47 Å². The number of ether oxygens (including phenoxy) is 2. The van der Waals surface area contributed by atoms with Crippen molar-refractivity contribution in [3.63, 3.8) is 0 Å². The zero-order chi connectivity index (χ0) is 13.1. The number of methoxy groups -OCH3 is 2. The minimum Gasteiger partial charge on any atom is -0.385 e. The van der Waals surface area contributed by atoms with Gasteiger partial charge in [-0.1, -0.05) is 51.4 Å². The first-order valence-corrected chi connectivity index (χ1v) is 7.88. The van der Waals surface area contributed by atoms with Crippen LogP contribution in [0, 0.1) is 5.92 Å². The molecule has 2 heteroatoms. The smallest absolute Gasteiger partial charge is 0.0574 e. The average Bonchev–Trinajstić information content (AvgIpc) is 2.42. The van der Waals surface area contributed by atoms with Gasteiger partial charge in [-0.15, -0.1) is 0 Å². The van der Waals surface area contributed by atoms with E-state index in [1.54, 1.807) is 7.11 Å². The Balaban J connectivity index is 1.88. The van der Waals surface area contributed by atoms with Crippen LogP contribution in [0.1, 0.15) is 70.6 Å². The van der Waals surface area contributed by atoms with Crippen LogP contribution in [-0.2, 0) is 9.47 Å². The Morgan fingerprint density at radius 1 is 0.889 bits per heavy atom. The summed E-state index contributed by atoms with van der Waals surface area (Å²) in [5, 5.41) is 0. The van der Waals surface area contributed by atoms with Crippen LogP contribution in [0.3, 0.4) is 0 Å². The van der Waals surface area contributed by atoms with Crippen LogP contribution in [0.4, 0.5) is 0 Å². The normalized spacial score (nSPS) is 24.3. The highest BCUT2D eigenvalue weighted by Crippen LogP contribution is 2.29. The predicted octanol–water partition coefficient (Wildman–Crippen LogP) is 4.57. The third kappa shape index (κ3) is 7.38. The van der Waals surface area contributed by atoms with Crippen LogP contribution in [-0.4, -0.2) is 26.9 Å². The van der Waals surface area contributed by atoms with E-state index in [0.29, 0.717) is 6.10 Å². The topological polar surface area (TPSA) is 18.5 Å². The van der Waals surface area contributed by atoms with E-state index in [2.05, 4.69) is 0 Å². The largest absolute Gasteiger partial charge is 0.385 e. The molecule has 0 aromatic heterocycles. The van der Waals surface area contributed by atoms with Gasteiger partial charge >= 0.3 is 0 Å². The summed E-state index contributed by atoms with van der Waals surface area (Å²) in [6, 6.07) is 0. The number of hydrogen-bond donors (Lipinski definition) is 0. The van der Waals surface area contributed by atoms with Gasteiger partial charge in [0.25, 0.3) is 0 Å². The number of hydrogen-bond acceptors (Lipinski definition) is 2. The van der Waals surface area contributed by atoms with Crippen LogP contribution in [0.15, 0.2) is 0 Å². The second-order valence-corrected chi connectivity index (χ2v) is 5.79. The fourth-order valence-electron chi connectivity index (χ4n) is 3.10. The lowest BCUT2D eigenvalue weighted by molar-refractivity contribution is 0.0485. The SMILES string of the molecule is COCCCCCCCCC1CCCC(OC)C1. The Morgan fingerprint density at radius 2 is 1.61 bits per heavy atom. The predicted molar refractivity (Wildman–Crippen MR) is 77.0 cm³/mol. The lowest BCUT2D eigenvalue weighted by Crippen LogP contribution is -2.21. The summed E-state index contributed by atoms with van der Waals surface area (Å²) in [6.07, 6.45) is 15.6. The quantitative estimate of drug-likeness (QED) is 0.533. The molecule has 2 unspecified atom stereocenters. The highest BCUT2D eigenvalue weighted by Gasteiger charge is 2.20. The van der Waals surface area contributed by atoms with Crippen molar-refractivity contribution in [2.24, 2.45) is 5.92 Å². The van der Waals surface area contributed by atoms with E-state index in [9.17, 15) is 0 Å². The van der Waals surface area contributed by atoms with Crippen molar-refractivity contribution >= 4 is 0 Å². The third-order valence-corrected chi connectivity index (χ3v) is 4.28. The fraction of sp³-hybridized carbons (Fsp3) is 1.00. The summed E-state index contributed by atoms with van der Waals surface area (Å²) < 4.78 is 10.5. The molecule has 1 saturated carbocycles. The molecule has 2 atom stereocenters. The van der Waals surface area contributed by atoms with Crippen molar-refractivity contribution in [3.8, 4) is 0 Å². The molecule has 0 spiro atoms. The van der Waals surface area contributed by atoms with Gasteiger partial charge in [-0.25, -0.2) is 0 Å². The molecule has 0 aromatic carbocycles. The molecular weight excluding hydrogens is 224 g/mol. The van der Waals surface area contributed by atoms with Crippen LogP contribution < -0.4 is 0 Å². The molecule has 0 N–H and O–H groups in total. The molecular formula is C16H32O2. The average molecular weight is 256 g/mol. The zero-order valence-corrected chi connectivity index (χ0v) is 12.5. The van der Waals surface area contributed by atoms with Crippen molar-refractivity contribution in [1.29, 1.82) is 0 Å². The first-order valence-electron chi connectivity index (χ1n) is 7.88. The van der Waals surface area contributed by atoms with Gasteiger partial charge in [-0.3, -0.25) is 0 Å². The Hall–Kier alpha value is -0.0800. The van der Waals surface area contributed by atoms with Gasteiger partial charge in [0, 0.05) is 20.8 Å². The van der Waals surface area contributed by atoms with Crippen molar-refractivity contribution in [2.45, 2.75) is 76.7 Å². The van der Waals surface area contributed by atoms with E-state index in [0.717, 1.165) is 12.5 Å². The lowest BCUT2D eigenvalue weighted by Gasteiger charge is -2.28.